The van der Waals surface area contributed by atoms with Gasteiger partial charge in [-0.2, -0.15) is 0 Å². The predicted octanol–water partition coefficient (Wildman–Crippen LogP) is 4.70. The Hall–Kier alpha value is -3.12. The summed E-state index contributed by atoms with van der Waals surface area (Å²) < 4.78 is 17.2. The van der Waals surface area contributed by atoms with Crippen molar-refractivity contribution in [1.82, 2.24) is 0 Å². The Morgan fingerprint density at radius 2 is 1.71 bits per heavy atom. The Labute approximate surface area is 181 Å². The molecule has 4 rings (SSSR count). The molecule has 0 aliphatic carbocycles. The topological polar surface area (TPSA) is 77.8 Å². The van der Waals surface area contributed by atoms with E-state index in [0.29, 0.717) is 23.6 Å². The number of fused-ring (bicyclic) bond motifs is 1. The number of nitrogens with one attached hydrogen (secondary N) is 1. The quantitative estimate of drug-likeness (QED) is 0.475. The maximum absolute atomic E-state index is 12.5. The lowest BCUT2D eigenvalue weighted by molar-refractivity contribution is -0.220. The van der Waals surface area contributed by atoms with E-state index in [0.717, 1.165) is 11.1 Å². The Bertz CT molecular complexity index is 1110. The fourth-order valence-electron chi connectivity index (χ4n) is 3.99. The first-order valence-corrected chi connectivity index (χ1v) is 10.6. The van der Waals surface area contributed by atoms with Crippen LogP contribution in [0.2, 0.25) is 0 Å². The summed E-state index contributed by atoms with van der Waals surface area (Å²) >= 11 is 0. The second-order valence-corrected chi connectivity index (χ2v) is 8.28. The molecule has 31 heavy (non-hydrogen) atoms. The van der Waals surface area contributed by atoms with Gasteiger partial charge in [-0.05, 0) is 42.2 Å². The van der Waals surface area contributed by atoms with Gasteiger partial charge in [0.05, 0.1) is 11.7 Å². The Balaban J connectivity index is 1.44. The van der Waals surface area contributed by atoms with Crippen molar-refractivity contribution in [3.05, 3.63) is 76.6 Å². The Morgan fingerprint density at radius 1 is 0.968 bits per heavy atom. The number of carbonyl (C=O) groups is 1. The summed E-state index contributed by atoms with van der Waals surface area (Å²) in [4.78, 5) is 24.0. The van der Waals surface area contributed by atoms with Gasteiger partial charge in [-0.3, -0.25) is 0 Å². The van der Waals surface area contributed by atoms with Crippen molar-refractivity contribution in [3.63, 3.8) is 0 Å². The van der Waals surface area contributed by atoms with Crippen LogP contribution in [0.1, 0.15) is 31.1 Å². The summed E-state index contributed by atoms with van der Waals surface area (Å²) in [5.74, 6) is 0.278. The first-order chi connectivity index (χ1) is 14.9. The first-order valence-electron chi connectivity index (χ1n) is 10.6. The Morgan fingerprint density at radius 3 is 2.48 bits per heavy atom. The molecule has 1 fully saturated rings. The summed E-state index contributed by atoms with van der Waals surface area (Å²) in [6.45, 7) is 6.92. The fourth-order valence-corrected chi connectivity index (χ4v) is 3.99. The lowest BCUT2D eigenvalue weighted by atomic mass is 9.79. The molecule has 2 aromatic carbocycles. The Kier molecular flexibility index (Phi) is 6.09. The van der Waals surface area contributed by atoms with E-state index in [9.17, 15) is 9.59 Å². The minimum absolute atomic E-state index is 0.0776. The van der Waals surface area contributed by atoms with E-state index in [2.05, 4.69) is 26.1 Å². The number of ether oxygens (including phenoxy) is 2. The second-order valence-electron chi connectivity index (χ2n) is 8.28. The fraction of sp³-hybridized carbons (Fsp3) is 0.360. The van der Waals surface area contributed by atoms with Gasteiger partial charge in [0.25, 0.3) is 0 Å². The number of carbonyl (C=O) groups excluding carboxylic acids is 1. The zero-order valence-electron chi connectivity index (χ0n) is 17.9. The number of hydrogen-bond acceptors (Lipinski definition) is 6. The smallest absolute Gasteiger partial charge is 0.340 e. The summed E-state index contributed by atoms with van der Waals surface area (Å²) in [5, 5.41) is 4.23. The number of anilines is 1. The minimum atomic E-state index is -0.611. The van der Waals surface area contributed by atoms with E-state index in [-0.39, 0.29) is 29.5 Å². The van der Waals surface area contributed by atoms with Crippen molar-refractivity contribution in [1.29, 1.82) is 0 Å². The molecule has 0 radical (unpaired) electrons. The van der Waals surface area contributed by atoms with E-state index in [1.807, 2.05) is 36.4 Å². The molecular formula is C25H27NO5. The zero-order chi connectivity index (χ0) is 22.0. The summed E-state index contributed by atoms with van der Waals surface area (Å²) in [6.07, 6.45) is -0.751. The third-order valence-electron chi connectivity index (χ3n) is 6.35. The number of hydrogen-bond donors (Lipinski definition) is 1. The van der Waals surface area contributed by atoms with Crippen LogP contribution < -0.4 is 10.9 Å². The number of esters is 1. The molecule has 162 valence electrons. The van der Waals surface area contributed by atoms with Gasteiger partial charge in [-0.25, -0.2) is 9.59 Å². The van der Waals surface area contributed by atoms with Crippen LogP contribution in [0.25, 0.3) is 11.0 Å². The van der Waals surface area contributed by atoms with E-state index >= 15 is 0 Å². The van der Waals surface area contributed by atoms with E-state index in [1.165, 1.54) is 6.07 Å². The molecule has 1 aliphatic heterocycles. The molecule has 5 atom stereocenters. The molecule has 6 nitrogen and oxygen atoms in total. The highest BCUT2D eigenvalue weighted by molar-refractivity contribution is 5.89. The molecule has 0 bridgehead atoms. The maximum Gasteiger partial charge on any atom is 0.340 e. The molecule has 0 amide bonds. The van der Waals surface area contributed by atoms with E-state index in [4.69, 9.17) is 13.9 Å². The molecule has 1 aliphatic rings. The molecule has 3 aromatic rings. The summed E-state index contributed by atoms with van der Waals surface area (Å²) in [5.41, 5.74) is 1.50. The maximum atomic E-state index is 12.5. The van der Waals surface area contributed by atoms with Crippen molar-refractivity contribution in [2.45, 2.75) is 33.2 Å². The van der Waals surface area contributed by atoms with Crippen LogP contribution in [0.15, 0.2) is 69.9 Å². The second kappa shape index (κ2) is 8.94. The van der Waals surface area contributed by atoms with Crippen molar-refractivity contribution in [3.8, 4) is 0 Å². The average molecular weight is 421 g/mol. The first kappa shape index (κ1) is 21.1. The van der Waals surface area contributed by atoms with Gasteiger partial charge in [0, 0.05) is 35.7 Å². The largest absolute Gasteiger partial charge is 0.432 e. The lowest BCUT2D eigenvalue weighted by Gasteiger charge is -2.43. The number of rotatable bonds is 5. The van der Waals surface area contributed by atoms with Gasteiger partial charge in [-0.15, -0.1) is 0 Å². The van der Waals surface area contributed by atoms with Crippen molar-refractivity contribution in [2.75, 3.05) is 11.9 Å². The highest BCUT2D eigenvalue weighted by Crippen LogP contribution is 2.36. The average Bonchev–Trinajstić information content (AvgIpc) is 2.78. The van der Waals surface area contributed by atoms with Gasteiger partial charge in [-0.1, -0.05) is 39.0 Å². The third-order valence-corrected chi connectivity index (χ3v) is 6.35. The van der Waals surface area contributed by atoms with E-state index in [1.54, 1.807) is 18.2 Å². The van der Waals surface area contributed by atoms with Gasteiger partial charge in [0.1, 0.15) is 5.58 Å². The normalized spacial score (nSPS) is 25.8. The van der Waals surface area contributed by atoms with E-state index < -0.39 is 6.29 Å². The van der Waals surface area contributed by atoms with Crippen LogP contribution in [-0.4, -0.2) is 24.9 Å². The van der Waals surface area contributed by atoms with Crippen LogP contribution in [0, 0.1) is 17.8 Å². The molecule has 2 heterocycles. The van der Waals surface area contributed by atoms with Crippen molar-refractivity contribution in [2.24, 2.45) is 17.8 Å². The molecule has 3 unspecified atom stereocenters. The molecule has 6 heteroatoms. The standard InChI is InChI=1S/C25H27NO5/c1-15-16(2)22(14-26-20-11-9-18-10-12-23(27)29-21(18)13-20)30-25(17(15)3)31-24(28)19-7-5-4-6-8-19/h4-13,15-17,22,25-26H,14H2,1-3H3/t15-,16+,17?,22?,25?/m0/s1. The third kappa shape index (κ3) is 4.64. The molecule has 0 spiro atoms. The minimum Gasteiger partial charge on any atom is -0.432 e. The van der Waals surface area contributed by atoms with Crippen LogP contribution in [0.5, 0.6) is 0 Å². The monoisotopic (exact) mass is 421 g/mol. The predicted molar refractivity (Wildman–Crippen MR) is 119 cm³/mol. The zero-order valence-corrected chi connectivity index (χ0v) is 17.9. The number of benzene rings is 2. The SMILES string of the molecule is CC1C(OC(=O)c2ccccc2)OC(CNc2ccc3ccc(=O)oc3c2)[C@H](C)[C@@H]1C. The van der Waals surface area contributed by atoms with Gasteiger partial charge < -0.3 is 19.2 Å². The summed E-state index contributed by atoms with van der Waals surface area (Å²) in [7, 11) is 0. The molecule has 1 N–H and O–H groups in total. The van der Waals surface area contributed by atoms with Crippen LogP contribution in [-0.2, 0) is 9.47 Å². The van der Waals surface area contributed by atoms with Crippen LogP contribution in [0.4, 0.5) is 5.69 Å². The van der Waals surface area contributed by atoms with Crippen LogP contribution >= 0.6 is 0 Å². The van der Waals surface area contributed by atoms with Gasteiger partial charge >= 0.3 is 11.6 Å². The highest BCUT2D eigenvalue weighted by atomic mass is 16.7. The summed E-state index contributed by atoms with van der Waals surface area (Å²) in [6, 6.07) is 17.8. The highest BCUT2D eigenvalue weighted by Gasteiger charge is 2.41. The molecule has 0 saturated carbocycles. The molecular weight excluding hydrogens is 394 g/mol. The van der Waals surface area contributed by atoms with Crippen molar-refractivity contribution < 1.29 is 18.7 Å². The lowest BCUT2D eigenvalue weighted by Crippen LogP contribution is -2.48. The van der Waals surface area contributed by atoms with Gasteiger partial charge in [0.15, 0.2) is 0 Å². The van der Waals surface area contributed by atoms with Gasteiger partial charge in [0.2, 0.25) is 6.29 Å². The van der Waals surface area contributed by atoms with Crippen LogP contribution in [0.3, 0.4) is 0 Å². The molecule has 1 saturated heterocycles. The van der Waals surface area contributed by atoms with Crippen molar-refractivity contribution >= 4 is 22.6 Å². The molecule has 1 aromatic heterocycles.